The van der Waals surface area contributed by atoms with E-state index in [0.29, 0.717) is 0 Å². The third-order valence-electron chi connectivity index (χ3n) is 3.18. The number of nitrogens with one attached hydrogen (secondary N) is 2. The maximum absolute atomic E-state index is 11.6. The molecule has 0 aliphatic rings. The van der Waals surface area contributed by atoms with Gasteiger partial charge in [0.25, 0.3) is 0 Å². The molecule has 0 atom stereocenters. The van der Waals surface area contributed by atoms with Crippen LogP contribution in [0.2, 0.25) is 0 Å². The standard InChI is InChI=1S/C13H10N2OS2/c1-5-3-7-9-10(15-13(16)14-9)8-4-6(2)18-12(8)11(7)17-5/h3-4H,1-2H3,(H2,14,15,16). The summed E-state index contributed by atoms with van der Waals surface area (Å²) in [7, 11) is 0. The molecule has 5 heteroatoms. The number of fused-ring (bicyclic) bond motifs is 6. The number of thiophene rings is 2. The van der Waals surface area contributed by atoms with Crippen LogP contribution in [0.4, 0.5) is 0 Å². The first-order valence-corrected chi connectivity index (χ1v) is 7.31. The van der Waals surface area contributed by atoms with Crippen LogP contribution in [0.25, 0.3) is 31.2 Å². The van der Waals surface area contributed by atoms with Crippen LogP contribution in [0.3, 0.4) is 0 Å². The van der Waals surface area contributed by atoms with Crippen LogP contribution in [0.15, 0.2) is 16.9 Å². The number of hydrogen-bond donors (Lipinski definition) is 2. The molecular formula is C13H10N2OS2. The molecule has 0 aliphatic carbocycles. The fourth-order valence-corrected chi connectivity index (χ4v) is 4.72. The predicted molar refractivity (Wildman–Crippen MR) is 79.2 cm³/mol. The lowest BCUT2D eigenvalue weighted by Crippen LogP contribution is -1.99. The SMILES string of the molecule is Cc1cc2c3[nH]c(=O)[nH]c3c3cc(C)sc3c2s1. The van der Waals surface area contributed by atoms with Crippen molar-refractivity contribution >= 4 is 53.9 Å². The van der Waals surface area contributed by atoms with E-state index in [0.717, 1.165) is 21.8 Å². The highest BCUT2D eigenvalue weighted by Gasteiger charge is 2.15. The van der Waals surface area contributed by atoms with E-state index in [2.05, 4.69) is 35.9 Å². The van der Waals surface area contributed by atoms with Crippen LogP contribution in [-0.4, -0.2) is 9.97 Å². The summed E-state index contributed by atoms with van der Waals surface area (Å²) in [6.07, 6.45) is 0. The van der Waals surface area contributed by atoms with Gasteiger partial charge in [-0.15, -0.1) is 22.7 Å². The van der Waals surface area contributed by atoms with Crippen LogP contribution in [-0.2, 0) is 0 Å². The molecule has 4 aromatic rings. The fourth-order valence-electron chi connectivity index (χ4n) is 2.52. The number of aromatic nitrogens is 2. The zero-order chi connectivity index (χ0) is 12.4. The summed E-state index contributed by atoms with van der Waals surface area (Å²) in [5, 5.41) is 2.31. The van der Waals surface area contributed by atoms with E-state index < -0.39 is 0 Å². The first kappa shape index (κ1) is 10.3. The number of H-pyrrole nitrogens is 2. The van der Waals surface area contributed by atoms with Crippen molar-refractivity contribution in [2.75, 3.05) is 0 Å². The second kappa shape index (κ2) is 3.24. The van der Waals surface area contributed by atoms with Crippen molar-refractivity contribution in [2.24, 2.45) is 0 Å². The summed E-state index contributed by atoms with van der Waals surface area (Å²) in [6.45, 7) is 4.21. The van der Waals surface area contributed by atoms with E-state index in [9.17, 15) is 4.79 Å². The lowest BCUT2D eigenvalue weighted by atomic mass is 10.1. The molecule has 0 saturated heterocycles. The predicted octanol–water partition coefficient (Wildman–Crippen LogP) is 3.90. The Balaban J connectivity index is 2.47. The molecule has 4 rings (SSSR count). The average molecular weight is 274 g/mol. The molecule has 0 amide bonds. The maximum Gasteiger partial charge on any atom is 0.323 e. The van der Waals surface area contributed by atoms with E-state index in [-0.39, 0.29) is 5.69 Å². The van der Waals surface area contributed by atoms with Crippen molar-refractivity contribution < 1.29 is 0 Å². The molecule has 18 heavy (non-hydrogen) atoms. The molecule has 0 bridgehead atoms. The Morgan fingerprint density at radius 2 is 1.33 bits per heavy atom. The van der Waals surface area contributed by atoms with Gasteiger partial charge in [0.1, 0.15) is 0 Å². The molecule has 90 valence electrons. The second-order valence-corrected chi connectivity index (χ2v) is 7.04. The molecule has 0 saturated carbocycles. The summed E-state index contributed by atoms with van der Waals surface area (Å²) in [5.74, 6) is 0. The molecule has 1 aromatic carbocycles. The summed E-state index contributed by atoms with van der Waals surface area (Å²) in [4.78, 5) is 20.0. The Labute approximate surface area is 110 Å². The number of hydrogen-bond acceptors (Lipinski definition) is 3. The number of imidazole rings is 1. The summed E-state index contributed by atoms with van der Waals surface area (Å²) in [5.41, 5.74) is 1.74. The number of aromatic amines is 2. The first-order chi connectivity index (χ1) is 8.63. The van der Waals surface area contributed by atoms with Crippen molar-refractivity contribution in [3.05, 3.63) is 32.4 Å². The third kappa shape index (κ3) is 1.20. The monoisotopic (exact) mass is 274 g/mol. The maximum atomic E-state index is 11.6. The van der Waals surface area contributed by atoms with Gasteiger partial charge < -0.3 is 9.97 Å². The van der Waals surface area contributed by atoms with Gasteiger partial charge in [-0.2, -0.15) is 0 Å². The van der Waals surface area contributed by atoms with Crippen molar-refractivity contribution in [1.29, 1.82) is 0 Å². The summed E-state index contributed by atoms with van der Waals surface area (Å²) >= 11 is 3.59. The zero-order valence-corrected chi connectivity index (χ0v) is 11.5. The molecule has 0 aliphatic heterocycles. The lowest BCUT2D eigenvalue weighted by Gasteiger charge is -1.95. The van der Waals surface area contributed by atoms with E-state index in [1.807, 2.05) is 0 Å². The largest absolute Gasteiger partial charge is 0.323 e. The molecule has 0 fully saturated rings. The molecule has 3 heterocycles. The normalized spacial score (nSPS) is 12.1. The fraction of sp³-hybridized carbons (Fsp3) is 0.154. The number of aryl methyl sites for hydroxylation is 2. The van der Waals surface area contributed by atoms with E-state index in [1.54, 1.807) is 22.7 Å². The Kier molecular flexibility index (Phi) is 1.86. The third-order valence-corrected chi connectivity index (χ3v) is 5.45. The van der Waals surface area contributed by atoms with Crippen molar-refractivity contribution in [2.45, 2.75) is 13.8 Å². The Morgan fingerprint density at radius 3 is 1.78 bits per heavy atom. The van der Waals surface area contributed by atoms with Gasteiger partial charge in [0.15, 0.2) is 0 Å². The zero-order valence-electron chi connectivity index (χ0n) is 9.88. The van der Waals surface area contributed by atoms with Gasteiger partial charge in [-0.1, -0.05) is 0 Å². The van der Waals surface area contributed by atoms with Crippen LogP contribution in [0.5, 0.6) is 0 Å². The quantitative estimate of drug-likeness (QED) is 0.502. The number of rotatable bonds is 0. The van der Waals surface area contributed by atoms with E-state index >= 15 is 0 Å². The summed E-state index contributed by atoms with van der Waals surface area (Å²) < 4.78 is 2.56. The molecule has 0 unspecified atom stereocenters. The minimum Gasteiger partial charge on any atom is -0.305 e. The van der Waals surface area contributed by atoms with E-state index in [1.165, 1.54) is 19.2 Å². The van der Waals surface area contributed by atoms with Gasteiger partial charge in [-0.05, 0) is 26.0 Å². The molecule has 3 aromatic heterocycles. The number of benzene rings is 1. The highest BCUT2D eigenvalue weighted by atomic mass is 32.1. The lowest BCUT2D eigenvalue weighted by molar-refractivity contribution is 1.22. The molecule has 0 radical (unpaired) electrons. The van der Waals surface area contributed by atoms with Crippen LogP contribution in [0, 0.1) is 13.8 Å². The molecule has 0 spiro atoms. The highest BCUT2D eigenvalue weighted by Crippen LogP contribution is 2.41. The van der Waals surface area contributed by atoms with Crippen LogP contribution in [0.1, 0.15) is 9.75 Å². The first-order valence-electron chi connectivity index (χ1n) is 5.68. The topological polar surface area (TPSA) is 48.6 Å². The minimum atomic E-state index is -0.133. The van der Waals surface area contributed by atoms with Gasteiger partial charge in [0.2, 0.25) is 0 Å². The molecular weight excluding hydrogens is 264 g/mol. The smallest absolute Gasteiger partial charge is 0.305 e. The van der Waals surface area contributed by atoms with E-state index in [4.69, 9.17) is 0 Å². The molecule has 3 nitrogen and oxygen atoms in total. The Bertz CT molecular complexity index is 891. The van der Waals surface area contributed by atoms with Gasteiger partial charge in [-0.25, -0.2) is 4.79 Å². The van der Waals surface area contributed by atoms with Crippen LogP contribution < -0.4 is 5.69 Å². The van der Waals surface area contributed by atoms with Crippen molar-refractivity contribution in [3.63, 3.8) is 0 Å². The van der Waals surface area contributed by atoms with Crippen LogP contribution >= 0.6 is 22.7 Å². The minimum absolute atomic E-state index is 0.133. The van der Waals surface area contributed by atoms with Gasteiger partial charge in [0.05, 0.1) is 20.4 Å². The Morgan fingerprint density at radius 1 is 0.889 bits per heavy atom. The van der Waals surface area contributed by atoms with Gasteiger partial charge in [-0.3, -0.25) is 0 Å². The molecule has 2 N–H and O–H groups in total. The second-order valence-electron chi connectivity index (χ2n) is 4.53. The Hall–Kier alpha value is -1.59. The highest BCUT2D eigenvalue weighted by molar-refractivity contribution is 7.27. The van der Waals surface area contributed by atoms with Gasteiger partial charge in [0, 0.05) is 20.5 Å². The van der Waals surface area contributed by atoms with Crippen molar-refractivity contribution in [1.82, 2.24) is 9.97 Å². The van der Waals surface area contributed by atoms with Gasteiger partial charge >= 0.3 is 5.69 Å². The summed E-state index contributed by atoms with van der Waals surface area (Å²) in [6, 6.07) is 4.31. The van der Waals surface area contributed by atoms with Crippen molar-refractivity contribution in [3.8, 4) is 0 Å². The average Bonchev–Trinajstić information content (AvgIpc) is 2.93.